The summed E-state index contributed by atoms with van der Waals surface area (Å²) in [5.41, 5.74) is 0.163. The van der Waals surface area contributed by atoms with Crippen LogP contribution in [0.1, 0.15) is 31.7 Å². The van der Waals surface area contributed by atoms with Crippen LogP contribution in [-0.2, 0) is 4.79 Å². The maximum absolute atomic E-state index is 14.0. The van der Waals surface area contributed by atoms with Gasteiger partial charge in [0.05, 0.1) is 6.54 Å². The molecule has 0 spiro atoms. The Hall–Kier alpha value is -1.49. The lowest BCUT2D eigenvalue weighted by Gasteiger charge is -2.36. The molecule has 3 rings (SSSR count). The highest BCUT2D eigenvalue weighted by Crippen LogP contribution is 2.43. The Morgan fingerprint density at radius 3 is 2.38 bits per heavy atom. The van der Waals surface area contributed by atoms with E-state index >= 15 is 0 Å². The molecule has 6 nitrogen and oxygen atoms in total. The molecule has 1 aliphatic heterocycles. The van der Waals surface area contributed by atoms with Crippen molar-refractivity contribution in [2.75, 3.05) is 39.8 Å². The van der Waals surface area contributed by atoms with Gasteiger partial charge in [0, 0.05) is 56.8 Å². The molecule has 1 aromatic carbocycles. The van der Waals surface area contributed by atoms with Crippen molar-refractivity contribution in [3.63, 3.8) is 0 Å². The molecule has 162 valence electrons. The second kappa shape index (κ2) is 10.5. The third-order valence-corrected chi connectivity index (χ3v) is 5.18. The Labute approximate surface area is 188 Å². The van der Waals surface area contributed by atoms with Gasteiger partial charge < -0.3 is 15.5 Å². The minimum atomic E-state index is -0.488. The molecule has 1 saturated heterocycles. The van der Waals surface area contributed by atoms with Gasteiger partial charge in [0.2, 0.25) is 5.91 Å². The molecule has 1 saturated carbocycles. The largest absolute Gasteiger partial charge is 0.353 e. The molecule has 9 heteroatoms. The molecule has 1 amide bonds. The van der Waals surface area contributed by atoms with Crippen molar-refractivity contribution in [3.05, 3.63) is 35.4 Å². The fraction of sp³-hybridized carbons (Fsp3) is 0.600. The highest BCUT2D eigenvalue weighted by atomic mass is 127. The molecule has 0 radical (unpaired) electrons. The molecule has 2 fully saturated rings. The molecule has 29 heavy (non-hydrogen) atoms. The summed E-state index contributed by atoms with van der Waals surface area (Å²) in [6, 6.07) is 4.12. The molecule has 2 aliphatic rings. The van der Waals surface area contributed by atoms with Gasteiger partial charge >= 0.3 is 0 Å². The zero-order valence-corrected chi connectivity index (χ0v) is 19.5. The third-order valence-electron chi connectivity index (χ3n) is 5.18. The van der Waals surface area contributed by atoms with Gasteiger partial charge in [-0.2, -0.15) is 0 Å². The minimum absolute atomic E-state index is 0. The number of hydrogen-bond acceptors (Lipinski definition) is 3. The van der Waals surface area contributed by atoms with Gasteiger partial charge in [0.1, 0.15) is 11.6 Å². The average Bonchev–Trinajstić information content (AvgIpc) is 3.38. The summed E-state index contributed by atoms with van der Waals surface area (Å²) in [6.45, 7) is 7.33. The lowest BCUT2D eigenvalue weighted by molar-refractivity contribution is -0.123. The van der Waals surface area contributed by atoms with Gasteiger partial charge in [0.15, 0.2) is 5.96 Å². The Bertz CT molecular complexity index is 717. The predicted molar refractivity (Wildman–Crippen MR) is 121 cm³/mol. The second-order valence-corrected chi connectivity index (χ2v) is 7.76. The van der Waals surface area contributed by atoms with Crippen LogP contribution in [0.15, 0.2) is 23.2 Å². The monoisotopic (exact) mass is 521 g/mol. The van der Waals surface area contributed by atoms with Gasteiger partial charge in [-0.1, -0.05) is 6.07 Å². The average molecular weight is 521 g/mol. The topological polar surface area (TPSA) is 60.0 Å². The van der Waals surface area contributed by atoms with Crippen LogP contribution < -0.4 is 10.6 Å². The number of benzene rings is 1. The van der Waals surface area contributed by atoms with E-state index in [1.807, 2.05) is 13.8 Å². The summed E-state index contributed by atoms with van der Waals surface area (Å²) in [6.07, 6.45) is 0.687. The maximum atomic E-state index is 14.0. The minimum Gasteiger partial charge on any atom is -0.353 e. The fourth-order valence-electron chi connectivity index (χ4n) is 3.69. The van der Waals surface area contributed by atoms with Crippen molar-refractivity contribution >= 4 is 35.8 Å². The number of piperazine rings is 1. The SMILES string of the molecule is CN=C(NC1CC1c1c(F)cccc1F)N1CCN(CC(=O)NC(C)C)CC1.I. The lowest BCUT2D eigenvalue weighted by atomic mass is 10.1. The Morgan fingerprint density at radius 1 is 1.21 bits per heavy atom. The highest BCUT2D eigenvalue weighted by molar-refractivity contribution is 14.0. The van der Waals surface area contributed by atoms with E-state index in [0.29, 0.717) is 13.0 Å². The molecule has 2 unspecified atom stereocenters. The van der Waals surface area contributed by atoms with Crippen LogP contribution in [0.3, 0.4) is 0 Å². The normalized spacial score (nSPS) is 22.3. The van der Waals surface area contributed by atoms with Crippen molar-refractivity contribution in [3.8, 4) is 0 Å². The van der Waals surface area contributed by atoms with Crippen LogP contribution in [0, 0.1) is 11.6 Å². The molecule has 0 bridgehead atoms. The molecule has 2 atom stereocenters. The summed E-state index contributed by atoms with van der Waals surface area (Å²) < 4.78 is 27.9. The Kier molecular flexibility index (Phi) is 8.62. The smallest absolute Gasteiger partial charge is 0.234 e. The maximum Gasteiger partial charge on any atom is 0.234 e. The van der Waals surface area contributed by atoms with E-state index < -0.39 is 11.6 Å². The summed E-state index contributed by atoms with van der Waals surface area (Å²) in [5.74, 6) is -0.358. The third kappa shape index (κ3) is 6.24. The molecule has 1 aliphatic carbocycles. The first kappa shape index (κ1) is 23.8. The van der Waals surface area contributed by atoms with Gasteiger partial charge in [0.25, 0.3) is 0 Å². The number of amides is 1. The molecule has 1 aromatic rings. The number of guanidine groups is 1. The van der Waals surface area contributed by atoms with E-state index in [1.165, 1.54) is 18.2 Å². The number of halogens is 3. The molecular weight excluding hydrogens is 491 g/mol. The van der Waals surface area contributed by atoms with E-state index in [9.17, 15) is 13.6 Å². The van der Waals surface area contributed by atoms with Crippen LogP contribution in [0.25, 0.3) is 0 Å². The van der Waals surface area contributed by atoms with Crippen molar-refractivity contribution in [2.45, 2.75) is 38.3 Å². The van der Waals surface area contributed by atoms with Crippen LogP contribution in [0.4, 0.5) is 8.78 Å². The van der Waals surface area contributed by atoms with E-state index in [2.05, 4.69) is 25.4 Å². The van der Waals surface area contributed by atoms with Gasteiger partial charge in [-0.25, -0.2) is 8.78 Å². The molecule has 2 N–H and O–H groups in total. The van der Waals surface area contributed by atoms with Crippen LogP contribution >= 0.6 is 24.0 Å². The number of nitrogens with one attached hydrogen (secondary N) is 2. The first-order chi connectivity index (χ1) is 13.4. The number of hydrogen-bond donors (Lipinski definition) is 2. The highest BCUT2D eigenvalue weighted by Gasteiger charge is 2.43. The van der Waals surface area contributed by atoms with E-state index in [0.717, 1.165) is 32.1 Å². The first-order valence-corrected chi connectivity index (χ1v) is 9.83. The van der Waals surface area contributed by atoms with E-state index in [4.69, 9.17) is 0 Å². The molecular formula is C20H30F2IN5O. The fourth-order valence-corrected chi connectivity index (χ4v) is 3.69. The molecule has 1 heterocycles. The van der Waals surface area contributed by atoms with Crippen molar-refractivity contribution < 1.29 is 13.6 Å². The molecule has 0 aromatic heterocycles. The number of aliphatic imine (C=N–C) groups is 1. The van der Waals surface area contributed by atoms with Crippen LogP contribution in [0.5, 0.6) is 0 Å². The van der Waals surface area contributed by atoms with E-state index in [-0.39, 0.29) is 53.4 Å². The van der Waals surface area contributed by atoms with Crippen molar-refractivity contribution in [1.29, 1.82) is 0 Å². The first-order valence-electron chi connectivity index (χ1n) is 9.83. The number of carbonyl (C=O) groups excluding carboxylic acids is 1. The zero-order chi connectivity index (χ0) is 20.3. The number of rotatable bonds is 5. The van der Waals surface area contributed by atoms with Gasteiger partial charge in [-0.05, 0) is 32.4 Å². The second-order valence-electron chi connectivity index (χ2n) is 7.76. The summed E-state index contributed by atoms with van der Waals surface area (Å²) in [4.78, 5) is 20.5. The standard InChI is InChI=1S/C20H29F2N5O.HI/c1-13(2)24-18(28)12-26-7-9-27(10-8-26)20(23-3)25-17-11-14(17)19-15(21)5-4-6-16(19)22;/h4-6,13-14,17H,7-12H2,1-3H3,(H,23,25)(H,24,28);1H. The zero-order valence-electron chi connectivity index (χ0n) is 17.1. The Balaban J connectivity index is 0.00000300. The Morgan fingerprint density at radius 2 is 1.83 bits per heavy atom. The van der Waals surface area contributed by atoms with E-state index in [1.54, 1.807) is 7.05 Å². The van der Waals surface area contributed by atoms with Crippen molar-refractivity contribution in [2.24, 2.45) is 4.99 Å². The predicted octanol–water partition coefficient (Wildman–Crippen LogP) is 2.16. The lowest BCUT2D eigenvalue weighted by Crippen LogP contribution is -2.54. The van der Waals surface area contributed by atoms with Gasteiger partial charge in [-0.3, -0.25) is 14.7 Å². The van der Waals surface area contributed by atoms with Crippen molar-refractivity contribution in [1.82, 2.24) is 20.4 Å². The quantitative estimate of drug-likeness (QED) is 0.355. The summed E-state index contributed by atoms with van der Waals surface area (Å²) in [5, 5.41) is 6.25. The van der Waals surface area contributed by atoms with Crippen LogP contribution in [0.2, 0.25) is 0 Å². The summed E-state index contributed by atoms with van der Waals surface area (Å²) in [7, 11) is 1.71. The number of carbonyl (C=O) groups is 1. The summed E-state index contributed by atoms with van der Waals surface area (Å²) >= 11 is 0. The number of nitrogens with zero attached hydrogens (tertiary/aromatic N) is 3. The van der Waals surface area contributed by atoms with Gasteiger partial charge in [-0.15, -0.1) is 24.0 Å². The van der Waals surface area contributed by atoms with Crippen LogP contribution in [-0.4, -0.2) is 73.5 Å².